The molecule has 0 aliphatic carbocycles. The number of alkyl halides is 3. The lowest BCUT2D eigenvalue weighted by atomic mass is 10.1. The minimum absolute atomic E-state index is 0.0148. The first-order valence-electron chi connectivity index (χ1n) is 8.35. The van der Waals surface area contributed by atoms with E-state index in [2.05, 4.69) is 10.1 Å². The monoisotopic (exact) mass is 398 g/mol. The quantitative estimate of drug-likeness (QED) is 0.632. The van der Waals surface area contributed by atoms with E-state index >= 15 is 0 Å². The fourth-order valence-electron chi connectivity index (χ4n) is 3.33. The van der Waals surface area contributed by atoms with Crippen molar-refractivity contribution in [2.75, 3.05) is 19.1 Å². The number of halogens is 4. The Bertz CT molecular complexity index is 842. The van der Waals surface area contributed by atoms with Gasteiger partial charge in [0.25, 0.3) is 0 Å². The van der Waals surface area contributed by atoms with Gasteiger partial charge in [0.15, 0.2) is 6.04 Å². The molecular formula is C19H18F4N2O3. The van der Waals surface area contributed by atoms with E-state index in [-0.39, 0.29) is 11.3 Å². The molecule has 9 heteroatoms. The first-order chi connectivity index (χ1) is 13.3. The fraction of sp³-hybridized carbons (Fsp3) is 0.316. The highest BCUT2D eigenvalue weighted by Crippen LogP contribution is 2.42. The lowest BCUT2D eigenvalue weighted by Crippen LogP contribution is -2.51. The highest BCUT2D eigenvalue weighted by atomic mass is 19.4. The van der Waals surface area contributed by atoms with E-state index in [4.69, 9.17) is 4.74 Å². The zero-order valence-corrected chi connectivity index (χ0v) is 15.0. The number of esters is 1. The summed E-state index contributed by atoms with van der Waals surface area (Å²) in [6.07, 6.45) is -6.02. The number of hydrogen-bond donors (Lipinski definition) is 1. The van der Waals surface area contributed by atoms with E-state index in [1.54, 1.807) is 0 Å². The molecule has 1 fully saturated rings. The number of nitrogens with one attached hydrogen (secondary N) is 1. The predicted molar refractivity (Wildman–Crippen MR) is 93.4 cm³/mol. The van der Waals surface area contributed by atoms with Gasteiger partial charge in [-0.15, -0.1) is 0 Å². The first kappa shape index (κ1) is 19.9. The maximum absolute atomic E-state index is 14.4. The van der Waals surface area contributed by atoms with Gasteiger partial charge in [0.2, 0.25) is 0 Å². The van der Waals surface area contributed by atoms with Crippen molar-refractivity contribution in [2.24, 2.45) is 0 Å². The molecule has 2 aromatic carbocycles. The number of nitrogens with zero attached hydrogens (tertiary/aromatic N) is 1. The number of ether oxygens (including phenoxy) is 2. The van der Waals surface area contributed by atoms with Crippen LogP contribution in [0.5, 0.6) is 5.75 Å². The molecule has 1 aliphatic heterocycles. The summed E-state index contributed by atoms with van der Waals surface area (Å²) in [4.78, 5) is 13.0. The van der Waals surface area contributed by atoms with Crippen LogP contribution < -0.4 is 15.0 Å². The Morgan fingerprint density at radius 3 is 2.25 bits per heavy atom. The zero-order chi connectivity index (χ0) is 20.5. The second-order valence-electron chi connectivity index (χ2n) is 6.18. The summed E-state index contributed by atoms with van der Waals surface area (Å²) in [6, 6.07) is 7.33. The third kappa shape index (κ3) is 3.62. The molecule has 0 radical (unpaired) electrons. The molecule has 150 valence electrons. The zero-order valence-electron chi connectivity index (χ0n) is 15.0. The third-order valence-electron chi connectivity index (χ3n) is 4.59. The molecule has 1 aliphatic rings. The fourth-order valence-corrected chi connectivity index (χ4v) is 3.33. The van der Waals surface area contributed by atoms with Gasteiger partial charge in [-0.2, -0.15) is 13.2 Å². The normalized spacial score (nSPS) is 22.2. The first-order valence-corrected chi connectivity index (χ1v) is 8.35. The van der Waals surface area contributed by atoms with Gasteiger partial charge in [0, 0.05) is 11.3 Å². The molecule has 0 spiro atoms. The Hall–Kier alpha value is -2.81. The van der Waals surface area contributed by atoms with Crippen LogP contribution in [0.1, 0.15) is 11.7 Å². The van der Waals surface area contributed by atoms with Crippen LogP contribution >= 0.6 is 0 Å². The standard InChI is InChI=1S/C19H18F4N2O3/c1-27-12-9-7-11(8-10-12)25-16(19(21,22)23)15(18(26)28-2)24-17(25)13-5-3-4-6-14(13)20/h3-10,15-17,24H,1-2H3/t15-,16-,17-/m1/s1. The van der Waals surface area contributed by atoms with Gasteiger partial charge in [0.1, 0.15) is 23.8 Å². The Kier molecular flexibility index (Phi) is 5.46. The molecule has 1 N–H and O–H groups in total. The van der Waals surface area contributed by atoms with Crippen LogP contribution in [-0.2, 0) is 9.53 Å². The minimum Gasteiger partial charge on any atom is -0.497 e. The maximum atomic E-state index is 14.4. The van der Waals surface area contributed by atoms with Crippen LogP contribution in [0.2, 0.25) is 0 Å². The Morgan fingerprint density at radius 1 is 1.07 bits per heavy atom. The molecule has 3 atom stereocenters. The van der Waals surface area contributed by atoms with E-state index in [1.165, 1.54) is 49.6 Å². The predicted octanol–water partition coefficient (Wildman–Crippen LogP) is 3.42. The Labute approximate surface area is 158 Å². The van der Waals surface area contributed by atoms with Crippen LogP contribution in [0.15, 0.2) is 48.5 Å². The number of methoxy groups -OCH3 is 2. The molecule has 0 unspecified atom stereocenters. The summed E-state index contributed by atoms with van der Waals surface area (Å²) in [6.45, 7) is 0. The summed E-state index contributed by atoms with van der Waals surface area (Å²) in [7, 11) is 2.44. The average Bonchev–Trinajstić information content (AvgIpc) is 3.08. The van der Waals surface area contributed by atoms with Crippen molar-refractivity contribution in [1.82, 2.24) is 5.32 Å². The number of carbonyl (C=O) groups excluding carboxylic acids is 1. The molecule has 0 bridgehead atoms. The van der Waals surface area contributed by atoms with E-state index in [0.717, 1.165) is 18.1 Å². The SMILES string of the molecule is COC(=O)[C@@H]1N[C@@H](c2ccccc2F)N(c2ccc(OC)cc2)[C@H]1C(F)(F)F. The smallest absolute Gasteiger partial charge is 0.410 e. The summed E-state index contributed by atoms with van der Waals surface area (Å²) in [5.41, 5.74) is 0.134. The number of rotatable bonds is 4. The van der Waals surface area contributed by atoms with Crippen molar-refractivity contribution in [3.8, 4) is 5.75 Å². The average molecular weight is 398 g/mol. The van der Waals surface area contributed by atoms with Gasteiger partial charge in [-0.3, -0.25) is 10.1 Å². The number of anilines is 1. The van der Waals surface area contributed by atoms with Gasteiger partial charge in [-0.25, -0.2) is 4.39 Å². The Balaban J connectivity index is 2.15. The molecule has 1 heterocycles. The molecule has 3 rings (SSSR count). The van der Waals surface area contributed by atoms with Crippen LogP contribution in [0, 0.1) is 5.82 Å². The highest BCUT2D eigenvalue weighted by Gasteiger charge is 2.58. The number of benzene rings is 2. The number of carbonyl (C=O) groups is 1. The van der Waals surface area contributed by atoms with Crippen molar-refractivity contribution in [3.63, 3.8) is 0 Å². The minimum atomic E-state index is -4.79. The van der Waals surface area contributed by atoms with Gasteiger partial charge in [-0.05, 0) is 30.3 Å². The molecule has 2 aromatic rings. The molecule has 1 saturated heterocycles. The van der Waals surface area contributed by atoms with E-state index in [0.29, 0.717) is 5.75 Å². The molecule has 0 amide bonds. The lowest BCUT2D eigenvalue weighted by Gasteiger charge is -2.33. The van der Waals surface area contributed by atoms with Crippen LogP contribution in [-0.4, -0.2) is 38.4 Å². The van der Waals surface area contributed by atoms with Crippen molar-refractivity contribution in [1.29, 1.82) is 0 Å². The van der Waals surface area contributed by atoms with E-state index in [9.17, 15) is 22.4 Å². The molecule has 5 nitrogen and oxygen atoms in total. The summed E-state index contributed by atoms with van der Waals surface area (Å²) in [5.74, 6) is -1.32. The van der Waals surface area contributed by atoms with Crippen molar-refractivity contribution in [2.45, 2.75) is 24.4 Å². The maximum Gasteiger partial charge on any atom is 0.410 e. The molecule has 0 aromatic heterocycles. The van der Waals surface area contributed by atoms with Gasteiger partial charge in [-0.1, -0.05) is 18.2 Å². The van der Waals surface area contributed by atoms with Crippen molar-refractivity contribution in [3.05, 3.63) is 59.9 Å². The second kappa shape index (κ2) is 7.67. The summed E-state index contributed by atoms with van der Waals surface area (Å²) in [5, 5.41) is 2.59. The van der Waals surface area contributed by atoms with Crippen molar-refractivity contribution >= 4 is 11.7 Å². The largest absolute Gasteiger partial charge is 0.497 e. The number of hydrogen-bond acceptors (Lipinski definition) is 5. The lowest BCUT2D eigenvalue weighted by molar-refractivity contribution is -0.164. The van der Waals surface area contributed by atoms with Gasteiger partial charge < -0.3 is 14.4 Å². The van der Waals surface area contributed by atoms with E-state index < -0.39 is 36.2 Å². The van der Waals surface area contributed by atoms with Crippen molar-refractivity contribution < 1.29 is 31.8 Å². The third-order valence-corrected chi connectivity index (χ3v) is 4.59. The van der Waals surface area contributed by atoms with E-state index in [1.807, 2.05) is 0 Å². The molecule has 28 heavy (non-hydrogen) atoms. The second-order valence-corrected chi connectivity index (χ2v) is 6.18. The summed E-state index contributed by atoms with van der Waals surface area (Å²) >= 11 is 0. The van der Waals surface area contributed by atoms with Gasteiger partial charge >= 0.3 is 12.1 Å². The highest BCUT2D eigenvalue weighted by molar-refractivity contribution is 5.79. The van der Waals surface area contributed by atoms with Crippen LogP contribution in [0.3, 0.4) is 0 Å². The van der Waals surface area contributed by atoms with Gasteiger partial charge in [0.05, 0.1) is 14.2 Å². The molecule has 0 saturated carbocycles. The molecular weight excluding hydrogens is 380 g/mol. The topological polar surface area (TPSA) is 50.8 Å². The van der Waals surface area contributed by atoms with Crippen LogP contribution in [0.25, 0.3) is 0 Å². The van der Waals surface area contributed by atoms with Crippen LogP contribution in [0.4, 0.5) is 23.2 Å². The summed E-state index contributed by atoms with van der Waals surface area (Å²) < 4.78 is 65.9. The Morgan fingerprint density at radius 2 is 1.71 bits per heavy atom.